The molecule has 0 aliphatic heterocycles. The van der Waals surface area contributed by atoms with Crippen LogP contribution in [0.4, 0.5) is 0 Å². The zero-order valence-electron chi connectivity index (χ0n) is 12.2. The summed E-state index contributed by atoms with van der Waals surface area (Å²) in [7, 11) is 0. The summed E-state index contributed by atoms with van der Waals surface area (Å²) >= 11 is 0. The molecule has 0 spiro atoms. The molecule has 0 fully saturated rings. The summed E-state index contributed by atoms with van der Waals surface area (Å²) < 4.78 is 2.22. The Kier molecular flexibility index (Phi) is 3.42. The minimum atomic E-state index is 0.424. The SMILES string of the molecule is CC(C)c1cn2c(C(C)C)nc(C(C)C)c2cn1. The van der Waals surface area contributed by atoms with E-state index in [4.69, 9.17) is 4.98 Å². The lowest BCUT2D eigenvalue weighted by atomic mass is 10.1. The van der Waals surface area contributed by atoms with Gasteiger partial charge in [-0.05, 0) is 11.8 Å². The molecule has 18 heavy (non-hydrogen) atoms. The topological polar surface area (TPSA) is 30.2 Å². The second kappa shape index (κ2) is 4.71. The predicted octanol–water partition coefficient (Wildman–Crippen LogP) is 4.10. The van der Waals surface area contributed by atoms with Crippen molar-refractivity contribution in [3.8, 4) is 0 Å². The van der Waals surface area contributed by atoms with Gasteiger partial charge in [0.2, 0.25) is 0 Å². The second-order valence-electron chi connectivity index (χ2n) is 5.89. The third-order valence-corrected chi connectivity index (χ3v) is 3.26. The Morgan fingerprint density at radius 3 is 2.11 bits per heavy atom. The van der Waals surface area contributed by atoms with E-state index < -0.39 is 0 Å². The van der Waals surface area contributed by atoms with Gasteiger partial charge in [-0.3, -0.25) is 9.38 Å². The van der Waals surface area contributed by atoms with Crippen LogP contribution in [-0.2, 0) is 0 Å². The Bertz CT molecular complexity index is 550. The first-order valence-electron chi connectivity index (χ1n) is 6.79. The maximum atomic E-state index is 4.81. The van der Waals surface area contributed by atoms with Gasteiger partial charge < -0.3 is 0 Å². The lowest BCUT2D eigenvalue weighted by molar-refractivity contribution is 0.743. The molecule has 3 nitrogen and oxygen atoms in total. The molecule has 0 atom stereocenters. The number of nitrogens with zero attached hydrogens (tertiary/aromatic N) is 3. The van der Waals surface area contributed by atoms with Crippen LogP contribution in [0.25, 0.3) is 5.52 Å². The van der Waals surface area contributed by atoms with Gasteiger partial charge in [-0.2, -0.15) is 0 Å². The number of rotatable bonds is 3. The molecular formula is C15H23N3. The molecule has 0 bridgehead atoms. The van der Waals surface area contributed by atoms with Gasteiger partial charge in [0.1, 0.15) is 5.82 Å². The molecule has 0 amide bonds. The van der Waals surface area contributed by atoms with Crippen molar-refractivity contribution in [2.45, 2.75) is 59.3 Å². The fourth-order valence-electron chi connectivity index (χ4n) is 2.18. The van der Waals surface area contributed by atoms with Crippen molar-refractivity contribution in [2.24, 2.45) is 0 Å². The van der Waals surface area contributed by atoms with Gasteiger partial charge in [-0.15, -0.1) is 0 Å². The number of aromatic nitrogens is 3. The third-order valence-electron chi connectivity index (χ3n) is 3.26. The Balaban J connectivity index is 2.71. The highest BCUT2D eigenvalue weighted by molar-refractivity contribution is 5.53. The van der Waals surface area contributed by atoms with Crippen LogP contribution in [-0.4, -0.2) is 14.4 Å². The average Bonchev–Trinajstić information content (AvgIpc) is 2.67. The van der Waals surface area contributed by atoms with Gasteiger partial charge >= 0.3 is 0 Å². The van der Waals surface area contributed by atoms with Crippen molar-refractivity contribution in [1.29, 1.82) is 0 Å². The second-order valence-corrected chi connectivity index (χ2v) is 5.89. The molecule has 2 rings (SSSR count). The van der Waals surface area contributed by atoms with Gasteiger partial charge in [-0.1, -0.05) is 41.5 Å². The Morgan fingerprint density at radius 1 is 0.944 bits per heavy atom. The molecule has 2 heterocycles. The highest BCUT2D eigenvalue weighted by Crippen LogP contribution is 2.25. The number of hydrogen-bond donors (Lipinski definition) is 0. The number of imidazole rings is 1. The van der Waals surface area contributed by atoms with Gasteiger partial charge in [0, 0.05) is 12.1 Å². The van der Waals surface area contributed by atoms with Crippen LogP contribution in [0.5, 0.6) is 0 Å². The van der Waals surface area contributed by atoms with Crippen LogP contribution < -0.4 is 0 Å². The van der Waals surface area contributed by atoms with E-state index in [2.05, 4.69) is 57.1 Å². The van der Waals surface area contributed by atoms with Gasteiger partial charge in [0.05, 0.1) is 23.1 Å². The quantitative estimate of drug-likeness (QED) is 0.815. The summed E-state index contributed by atoms with van der Waals surface area (Å²) in [5, 5.41) is 0. The molecule has 0 saturated carbocycles. The van der Waals surface area contributed by atoms with E-state index in [-0.39, 0.29) is 0 Å². The fraction of sp³-hybridized carbons (Fsp3) is 0.600. The van der Waals surface area contributed by atoms with Crippen molar-refractivity contribution < 1.29 is 0 Å². The van der Waals surface area contributed by atoms with E-state index in [0.29, 0.717) is 17.8 Å². The largest absolute Gasteiger partial charge is 0.300 e. The standard InChI is InChI=1S/C15H23N3/c1-9(2)12-8-18-13(7-16-12)14(10(3)4)17-15(18)11(5)6/h7-11H,1-6H3. The summed E-state index contributed by atoms with van der Waals surface area (Å²) in [5.74, 6) is 2.43. The number of fused-ring (bicyclic) bond motifs is 1. The lowest BCUT2D eigenvalue weighted by Crippen LogP contribution is -2.01. The summed E-state index contributed by atoms with van der Waals surface area (Å²) in [5.41, 5.74) is 3.43. The Labute approximate surface area is 109 Å². The fourth-order valence-corrected chi connectivity index (χ4v) is 2.18. The van der Waals surface area contributed by atoms with Crippen LogP contribution in [0.3, 0.4) is 0 Å². The molecular weight excluding hydrogens is 222 g/mol. The molecule has 0 N–H and O–H groups in total. The molecule has 0 aromatic carbocycles. The molecule has 0 saturated heterocycles. The molecule has 0 aliphatic carbocycles. The number of hydrogen-bond acceptors (Lipinski definition) is 2. The van der Waals surface area contributed by atoms with E-state index in [1.54, 1.807) is 0 Å². The zero-order valence-corrected chi connectivity index (χ0v) is 12.2. The van der Waals surface area contributed by atoms with Crippen LogP contribution in [0.1, 0.15) is 76.5 Å². The summed E-state index contributed by atoms with van der Waals surface area (Å²) in [6.45, 7) is 13.1. The van der Waals surface area contributed by atoms with Gasteiger partial charge in [0.15, 0.2) is 0 Å². The van der Waals surface area contributed by atoms with Gasteiger partial charge in [0.25, 0.3) is 0 Å². The predicted molar refractivity (Wildman–Crippen MR) is 75.3 cm³/mol. The van der Waals surface area contributed by atoms with Crippen molar-refractivity contribution in [1.82, 2.24) is 14.4 Å². The van der Waals surface area contributed by atoms with Crippen LogP contribution >= 0.6 is 0 Å². The van der Waals surface area contributed by atoms with Crippen molar-refractivity contribution in [3.63, 3.8) is 0 Å². The summed E-state index contributed by atoms with van der Waals surface area (Å²) in [4.78, 5) is 9.37. The average molecular weight is 245 g/mol. The van der Waals surface area contributed by atoms with Crippen molar-refractivity contribution in [2.75, 3.05) is 0 Å². The summed E-state index contributed by atoms with van der Waals surface area (Å²) in [6.07, 6.45) is 4.12. The molecule has 0 unspecified atom stereocenters. The van der Waals surface area contributed by atoms with Crippen LogP contribution in [0.15, 0.2) is 12.4 Å². The molecule has 0 radical (unpaired) electrons. The minimum Gasteiger partial charge on any atom is -0.300 e. The van der Waals surface area contributed by atoms with E-state index in [1.165, 1.54) is 0 Å². The minimum absolute atomic E-state index is 0.424. The van der Waals surface area contributed by atoms with Gasteiger partial charge in [-0.25, -0.2) is 4.98 Å². The Morgan fingerprint density at radius 2 is 1.61 bits per heavy atom. The summed E-state index contributed by atoms with van der Waals surface area (Å²) in [6, 6.07) is 0. The van der Waals surface area contributed by atoms with E-state index in [9.17, 15) is 0 Å². The molecule has 0 aliphatic rings. The van der Waals surface area contributed by atoms with E-state index in [1.807, 2.05) is 6.20 Å². The molecule has 98 valence electrons. The molecule has 2 aromatic rings. The lowest BCUT2D eigenvalue weighted by Gasteiger charge is -2.08. The Hall–Kier alpha value is -1.38. The highest BCUT2D eigenvalue weighted by Gasteiger charge is 2.17. The monoisotopic (exact) mass is 245 g/mol. The first-order chi connectivity index (χ1) is 8.41. The van der Waals surface area contributed by atoms with Crippen molar-refractivity contribution >= 4 is 5.52 Å². The third kappa shape index (κ3) is 2.14. The van der Waals surface area contributed by atoms with Crippen LogP contribution in [0, 0.1) is 0 Å². The highest BCUT2D eigenvalue weighted by atomic mass is 15.0. The van der Waals surface area contributed by atoms with E-state index >= 15 is 0 Å². The first kappa shape index (κ1) is 13.1. The molecule has 3 heteroatoms. The smallest absolute Gasteiger partial charge is 0.116 e. The molecule has 2 aromatic heterocycles. The maximum absolute atomic E-state index is 4.81. The van der Waals surface area contributed by atoms with Crippen molar-refractivity contribution in [3.05, 3.63) is 29.6 Å². The normalized spacial score (nSPS) is 12.3. The first-order valence-corrected chi connectivity index (χ1v) is 6.79. The zero-order chi connectivity index (χ0) is 13.4. The van der Waals surface area contributed by atoms with Crippen LogP contribution in [0.2, 0.25) is 0 Å². The maximum Gasteiger partial charge on any atom is 0.116 e. The van der Waals surface area contributed by atoms with E-state index in [0.717, 1.165) is 22.7 Å².